The van der Waals surface area contributed by atoms with Crippen molar-refractivity contribution in [1.29, 1.82) is 0 Å². The smallest absolute Gasteiger partial charge is 0.124 e. The highest BCUT2D eigenvalue weighted by Gasteiger charge is 2.34. The van der Waals surface area contributed by atoms with Crippen LogP contribution in [0.3, 0.4) is 0 Å². The monoisotopic (exact) mass is 249 g/mol. The Morgan fingerprint density at radius 3 is 2.89 bits per heavy atom. The largest absolute Gasteiger partial charge is 0.373 e. The molecule has 3 rings (SSSR count). The fourth-order valence-corrected chi connectivity index (χ4v) is 3.01. The van der Waals surface area contributed by atoms with Crippen LogP contribution in [0.4, 0.5) is 5.82 Å². The van der Waals surface area contributed by atoms with Gasteiger partial charge in [0, 0.05) is 12.6 Å². The molecule has 3 atom stereocenters. The number of hydrogen-bond acceptors (Lipinski definition) is 3. The van der Waals surface area contributed by atoms with E-state index in [0.29, 0.717) is 24.2 Å². The van der Waals surface area contributed by atoms with Gasteiger partial charge in [-0.3, -0.25) is 0 Å². The maximum Gasteiger partial charge on any atom is 0.124 e. The number of ether oxygens (including phenoxy) is 1. The van der Waals surface area contributed by atoms with Crippen molar-refractivity contribution in [2.75, 3.05) is 11.9 Å². The summed E-state index contributed by atoms with van der Waals surface area (Å²) in [7, 11) is 0. The molecule has 2 aliphatic heterocycles. The van der Waals surface area contributed by atoms with Gasteiger partial charge in [-0.1, -0.05) is 13.8 Å². The molecule has 1 aromatic rings. The van der Waals surface area contributed by atoms with Crippen LogP contribution in [0.25, 0.3) is 0 Å². The molecule has 1 fully saturated rings. The molecule has 1 aromatic heterocycles. The third-order valence-electron chi connectivity index (χ3n) is 4.10. The Labute approximate surface area is 109 Å². The lowest BCUT2D eigenvalue weighted by molar-refractivity contribution is 0.0172. The molecule has 0 radical (unpaired) electrons. The van der Waals surface area contributed by atoms with Gasteiger partial charge in [0.1, 0.15) is 5.82 Å². The van der Waals surface area contributed by atoms with Crippen LogP contribution < -0.4 is 5.32 Å². The maximum absolute atomic E-state index is 6.04. The first kappa shape index (κ1) is 12.0. The third-order valence-corrected chi connectivity index (χ3v) is 4.10. The van der Waals surface area contributed by atoms with Gasteiger partial charge in [-0.2, -0.15) is 5.10 Å². The molecule has 0 saturated carbocycles. The van der Waals surface area contributed by atoms with Crippen LogP contribution in [0.5, 0.6) is 0 Å². The Kier molecular flexibility index (Phi) is 3.06. The van der Waals surface area contributed by atoms with Crippen molar-refractivity contribution >= 4 is 5.82 Å². The van der Waals surface area contributed by atoms with Crippen LogP contribution >= 0.6 is 0 Å². The minimum atomic E-state index is 0.348. The van der Waals surface area contributed by atoms with E-state index < -0.39 is 0 Å². The van der Waals surface area contributed by atoms with Gasteiger partial charge >= 0.3 is 0 Å². The number of rotatable bonds is 2. The average molecular weight is 249 g/mol. The van der Waals surface area contributed by atoms with E-state index in [2.05, 4.69) is 36.8 Å². The second-order valence-corrected chi connectivity index (χ2v) is 5.90. The first-order chi connectivity index (χ1) is 8.65. The Morgan fingerprint density at radius 2 is 2.22 bits per heavy atom. The van der Waals surface area contributed by atoms with Crippen molar-refractivity contribution in [1.82, 2.24) is 9.78 Å². The van der Waals surface area contributed by atoms with Crippen LogP contribution in [0.2, 0.25) is 0 Å². The quantitative estimate of drug-likeness (QED) is 0.876. The Balaban J connectivity index is 1.87. The van der Waals surface area contributed by atoms with Gasteiger partial charge in [-0.15, -0.1) is 0 Å². The van der Waals surface area contributed by atoms with Crippen LogP contribution in [0, 0.1) is 0 Å². The minimum absolute atomic E-state index is 0.348. The van der Waals surface area contributed by atoms with E-state index >= 15 is 0 Å². The van der Waals surface area contributed by atoms with Gasteiger partial charge < -0.3 is 10.1 Å². The highest BCUT2D eigenvalue weighted by molar-refractivity contribution is 5.40. The summed E-state index contributed by atoms with van der Waals surface area (Å²) >= 11 is 0. The number of nitrogens with one attached hydrogen (secondary N) is 1. The third kappa shape index (κ3) is 2.03. The normalized spacial score (nSPS) is 31.4. The summed E-state index contributed by atoms with van der Waals surface area (Å²) in [5.41, 5.74) is 1.18. The molecule has 0 aliphatic carbocycles. The first-order valence-corrected chi connectivity index (χ1v) is 7.14. The zero-order valence-corrected chi connectivity index (χ0v) is 11.5. The molecule has 3 heterocycles. The van der Waals surface area contributed by atoms with Crippen LogP contribution in [-0.2, 0) is 4.74 Å². The molecule has 4 nitrogen and oxygen atoms in total. The van der Waals surface area contributed by atoms with Crippen molar-refractivity contribution in [3.63, 3.8) is 0 Å². The van der Waals surface area contributed by atoms with Crippen molar-refractivity contribution in [2.45, 2.75) is 64.2 Å². The fourth-order valence-electron chi connectivity index (χ4n) is 3.01. The van der Waals surface area contributed by atoms with Crippen LogP contribution in [0.15, 0.2) is 6.07 Å². The average Bonchev–Trinajstić information content (AvgIpc) is 2.94. The predicted molar refractivity (Wildman–Crippen MR) is 72.0 cm³/mol. The van der Waals surface area contributed by atoms with E-state index in [1.54, 1.807) is 0 Å². The van der Waals surface area contributed by atoms with E-state index in [4.69, 9.17) is 9.84 Å². The predicted octanol–water partition coefficient (Wildman–Crippen LogP) is 2.93. The number of anilines is 1. The highest BCUT2D eigenvalue weighted by atomic mass is 16.5. The fraction of sp³-hybridized carbons (Fsp3) is 0.786. The number of fused-ring (bicyclic) bond motifs is 1. The summed E-state index contributed by atoms with van der Waals surface area (Å²) in [4.78, 5) is 0. The molecule has 3 unspecified atom stereocenters. The van der Waals surface area contributed by atoms with Gasteiger partial charge in [-0.25, -0.2) is 4.68 Å². The van der Waals surface area contributed by atoms with Gasteiger partial charge in [-0.05, 0) is 32.1 Å². The minimum Gasteiger partial charge on any atom is -0.373 e. The zero-order valence-electron chi connectivity index (χ0n) is 11.5. The molecule has 0 bridgehead atoms. The van der Waals surface area contributed by atoms with Gasteiger partial charge in [0.25, 0.3) is 0 Å². The van der Waals surface area contributed by atoms with E-state index in [0.717, 1.165) is 18.8 Å². The van der Waals surface area contributed by atoms with E-state index in [1.807, 2.05) is 0 Å². The molecule has 1 saturated heterocycles. The lowest BCUT2D eigenvalue weighted by Gasteiger charge is -2.29. The molecule has 100 valence electrons. The molecule has 0 aromatic carbocycles. The molecule has 2 aliphatic rings. The van der Waals surface area contributed by atoms with Crippen LogP contribution in [0.1, 0.15) is 57.7 Å². The lowest BCUT2D eigenvalue weighted by atomic mass is 10.0. The maximum atomic E-state index is 6.04. The van der Waals surface area contributed by atoms with Gasteiger partial charge in [0.15, 0.2) is 0 Å². The van der Waals surface area contributed by atoms with E-state index in [1.165, 1.54) is 18.5 Å². The topological polar surface area (TPSA) is 39.1 Å². The molecular formula is C14H23N3O. The standard InChI is InChI=1S/C14H23N3O/c1-9(2)11-8-14-15-7-6-12(17(14)16-11)13-5-4-10(3)18-13/h8-10,12-13,15H,4-7H2,1-3H3. The SMILES string of the molecule is CC1CCC(C2CCNc3cc(C(C)C)nn32)O1. The molecule has 4 heteroatoms. The highest BCUT2D eigenvalue weighted by Crippen LogP contribution is 2.35. The second-order valence-electron chi connectivity index (χ2n) is 5.90. The van der Waals surface area contributed by atoms with Crippen molar-refractivity contribution in [2.24, 2.45) is 0 Å². The van der Waals surface area contributed by atoms with Gasteiger partial charge in [0.05, 0.1) is 23.9 Å². The number of aromatic nitrogens is 2. The van der Waals surface area contributed by atoms with Crippen molar-refractivity contribution in [3.8, 4) is 0 Å². The second kappa shape index (κ2) is 4.57. The van der Waals surface area contributed by atoms with E-state index in [-0.39, 0.29) is 0 Å². The summed E-state index contributed by atoms with van der Waals surface area (Å²) in [5, 5.41) is 8.22. The van der Waals surface area contributed by atoms with Crippen molar-refractivity contribution in [3.05, 3.63) is 11.8 Å². The number of nitrogens with zero attached hydrogens (tertiary/aromatic N) is 2. The van der Waals surface area contributed by atoms with Gasteiger partial charge in [0.2, 0.25) is 0 Å². The zero-order chi connectivity index (χ0) is 12.7. The number of hydrogen-bond donors (Lipinski definition) is 1. The molecule has 1 N–H and O–H groups in total. The summed E-state index contributed by atoms with van der Waals surface area (Å²) < 4.78 is 8.21. The lowest BCUT2D eigenvalue weighted by Crippen LogP contribution is -2.32. The van der Waals surface area contributed by atoms with E-state index in [9.17, 15) is 0 Å². The molecule has 0 spiro atoms. The summed E-state index contributed by atoms with van der Waals surface area (Å²) in [6.07, 6.45) is 4.22. The summed E-state index contributed by atoms with van der Waals surface area (Å²) in [5.74, 6) is 1.65. The molecule has 18 heavy (non-hydrogen) atoms. The Morgan fingerprint density at radius 1 is 1.39 bits per heavy atom. The van der Waals surface area contributed by atoms with Crippen molar-refractivity contribution < 1.29 is 4.74 Å². The van der Waals surface area contributed by atoms with Crippen LogP contribution in [-0.4, -0.2) is 28.5 Å². The Hall–Kier alpha value is -1.03. The molecule has 0 amide bonds. The summed E-state index contributed by atoms with van der Waals surface area (Å²) in [6.45, 7) is 7.59. The Bertz CT molecular complexity index is 427. The first-order valence-electron chi connectivity index (χ1n) is 7.14. The molecular weight excluding hydrogens is 226 g/mol. The summed E-state index contributed by atoms with van der Waals surface area (Å²) in [6, 6.07) is 2.61.